The summed E-state index contributed by atoms with van der Waals surface area (Å²) in [7, 11) is 0. The van der Waals surface area contributed by atoms with E-state index in [0.717, 1.165) is 26.1 Å². The summed E-state index contributed by atoms with van der Waals surface area (Å²) < 4.78 is 5.33. The van der Waals surface area contributed by atoms with Gasteiger partial charge in [0.15, 0.2) is 0 Å². The van der Waals surface area contributed by atoms with Crippen molar-refractivity contribution in [3.63, 3.8) is 0 Å². The van der Waals surface area contributed by atoms with Crippen molar-refractivity contribution in [3.05, 3.63) is 0 Å². The Balaban J connectivity index is 3.42. The minimum atomic E-state index is -0.738. The van der Waals surface area contributed by atoms with E-state index in [4.69, 9.17) is 9.84 Å². The van der Waals surface area contributed by atoms with Crippen molar-refractivity contribution in [2.75, 3.05) is 32.8 Å². The van der Waals surface area contributed by atoms with Gasteiger partial charge in [-0.2, -0.15) is 0 Å². The molecule has 0 unspecified atom stereocenters. The fourth-order valence-electron chi connectivity index (χ4n) is 1.12. The van der Waals surface area contributed by atoms with Crippen LogP contribution in [-0.2, 0) is 9.53 Å². The zero-order valence-electron chi connectivity index (χ0n) is 9.16. The minimum Gasteiger partial charge on any atom is -0.481 e. The number of carboxylic acid groups (broad SMARTS) is 1. The van der Waals surface area contributed by atoms with Crippen LogP contribution in [0.2, 0.25) is 0 Å². The molecule has 0 aliphatic rings. The van der Waals surface area contributed by atoms with Gasteiger partial charge < -0.3 is 14.7 Å². The lowest BCUT2D eigenvalue weighted by Crippen LogP contribution is -2.29. The third kappa shape index (κ3) is 8.01. The van der Waals surface area contributed by atoms with Gasteiger partial charge in [0.25, 0.3) is 0 Å². The quantitative estimate of drug-likeness (QED) is 0.572. The predicted octanol–water partition coefficient (Wildman–Crippen LogP) is 1.21. The molecule has 0 aliphatic carbocycles. The van der Waals surface area contributed by atoms with Gasteiger partial charge in [0.2, 0.25) is 0 Å². The van der Waals surface area contributed by atoms with Gasteiger partial charge in [0, 0.05) is 19.7 Å². The van der Waals surface area contributed by atoms with E-state index in [1.807, 2.05) is 6.92 Å². The second-order valence-corrected chi connectivity index (χ2v) is 3.19. The molecule has 84 valence electrons. The SMILES string of the molecule is CCCOCCN(CC)CCC(=O)O. The Morgan fingerprint density at radius 1 is 1.29 bits per heavy atom. The highest BCUT2D eigenvalue weighted by atomic mass is 16.5. The van der Waals surface area contributed by atoms with Gasteiger partial charge in [-0.05, 0) is 13.0 Å². The molecular weight excluding hydrogens is 182 g/mol. The van der Waals surface area contributed by atoms with E-state index >= 15 is 0 Å². The summed E-state index contributed by atoms with van der Waals surface area (Å²) >= 11 is 0. The van der Waals surface area contributed by atoms with E-state index < -0.39 is 5.97 Å². The molecule has 0 radical (unpaired) electrons. The number of aliphatic carboxylic acids is 1. The van der Waals surface area contributed by atoms with Crippen LogP contribution in [0.5, 0.6) is 0 Å². The van der Waals surface area contributed by atoms with Crippen LogP contribution in [-0.4, -0.2) is 48.8 Å². The van der Waals surface area contributed by atoms with E-state index in [1.54, 1.807) is 0 Å². The minimum absolute atomic E-state index is 0.210. The van der Waals surface area contributed by atoms with Gasteiger partial charge in [-0.25, -0.2) is 0 Å². The smallest absolute Gasteiger partial charge is 0.304 e. The number of hydrogen-bond donors (Lipinski definition) is 1. The van der Waals surface area contributed by atoms with E-state index in [9.17, 15) is 4.79 Å². The zero-order chi connectivity index (χ0) is 10.8. The van der Waals surface area contributed by atoms with Crippen LogP contribution < -0.4 is 0 Å². The average Bonchev–Trinajstić information content (AvgIpc) is 2.16. The van der Waals surface area contributed by atoms with Crippen molar-refractivity contribution in [1.82, 2.24) is 4.90 Å². The number of rotatable bonds is 9. The molecular formula is C10H21NO3. The number of likely N-dealkylation sites (N-methyl/N-ethyl adjacent to an activating group) is 1. The Morgan fingerprint density at radius 3 is 2.50 bits per heavy atom. The molecule has 0 bridgehead atoms. The van der Waals surface area contributed by atoms with E-state index in [1.165, 1.54) is 0 Å². The molecule has 0 rings (SSSR count). The number of ether oxygens (including phenoxy) is 1. The second kappa shape index (κ2) is 8.97. The van der Waals surface area contributed by atoms with Gasteiger partial charge in [0.05, 0.1) is 13.0 Å². The Hall–Kier alpha value is -0.610. The molecule has 0 saturated carbocycles. The maximum absolute atomic E-state index is 10.3. The molecule has 14 heavy (non-hydrogen) atoms. The standard InChI is InChI=1S/C10H21NO3/c1-3-8-14-9-7-11(4-2)6-5-10(12)13/h3-9H2,1-2H3,(H,12,13). The molecule has 0 aromatic carbocycles. The molecule has 0 spiro atoms. The summed E-state index contributed by atoms with van der Waals surface area (Å²) in [6.45, 7) is 7.90. The van der Waals surface area contributed by atoms with Crippen LogP contribution in [0.3, 0.4) is 0 Å². The van der Waals surface area contributed by atoms with Gasteiger partial charge in [-0.1, -0.05) is 13.8 Å². The third-order valence-corrected chi connectivity index (χ3v) is 1.99. The number of carbonyl (C=O) groups is 1. The Bertz CT molecular complexity index is 150. The number of hydrogen-bond acceptors (Lipinski definition) is 3. The van der Waals surface area contributed by atoms with Crippen LogP contribution in [0.4, 0.5) is 0 Å². The molecule has 0 amide bonds. The first-order valence-electron chi connectivity index (χ1n) is 5.22. The fourth-order valence-corrected chi connectivity index (χ4v) is 1.12. The Morgan fingerprint density at radius 2 is 2.00 bits per heavy atom. The van der Waals surface area contributed by atoms with Crippen molar-refractivity contribution in [2.45, 2.75) is 26.7 Å². The first-order chi connectivity index (χ1) is 6.70. The van der Waals surface area contributed by atoms with Crippen molar-refractivity contribution >= 4 is 5.97 Å². The molecule has 0 atom stereocenters. The van der Waals surface area contributed by atoms with Gasteiger partial charge in [-0.15, -0.1) is 0 Å². The maximum atomic E-state index is 10.3. The highest BCUT2D eigenvalue weighted by Gasteiger charge is 2.04. The van der Waals surface area contributed by atoms with Gasteiger partial charge in [-0.3, -0.25) is 4.79 Å². The molecule has 0 aromatic rings. The first kappa shape index (κ1) is 13.4. The maximum Gasteiger partial charge on any atom is 0.304 e. The van der Waals surface area contributed by atoms with Crippen molar-refractivity contribution in [1.29, 1.82) is 0 Å². The predicted molar refractivity (Wildman–Crippen MR) is 55.5 cm³/mol. The molecule has 0 fully saturated rings. The first-order valence-corrected chi connectivity index (χ1v) is 5.22. The van der Waals surface area contributed by atoms with Crippen LogP contribution in [0.15, 0.2) is 0 Å². The summed E-state index contributed by atoms with van der Waals surface area (Å²) in [5, 5.41) is 8.51. The summed E-state index contributed by atoms with van der Waals surface area (Å²) in [6.07, 6.45) is 1.24. The molecule has 4 nitrogen and oxygen atoms in total. The second-order valence-electron chi connectivity index (χ2n) is 3.19. The molecule has 1 N–H and O–H groups in total. The molecule has 0 heterocycles. The monoisotopic (exact) mass is 203 g/mol. The van der Waals surface area contributed by atoms with Crippen LogP contribution in [0, 0.1) is 0 Å². The lowest BCUT2D eigenvalue weighted by atomic mass is 10.4. The van der Waals surface area contributed by atoms with Crippen molar-refractivity contribution in [3.8, 4) is 0 Å². The number of nitrogens with zero attached hydrogens (tertiary/aromatic N) is 1. The van der Waals surface area contributed by atoms with Crippen molar-refractivity contribution in [2.24, 2.45) is 0 Å². The van der Waals surface area contributed by atoms with E-state index in [2.05, 4.69) is 11.8 Å². The summed E-state index contributed by atoms with van der Waals surface area (Å²) in [5.41, 5.74) is 0. The fraction of sp³-hybridized carbons (Fsp3) is 0.900. The van der Waals surface area contributed by atoms with E-state index in [-0.39, 0.29) is 6.42 Å². The van der Waals surface area contributed by atoms with E-state index in [0.29, 0.717) is 13.2 Å². The normalized spacial score (nSPS) is 10.8. The van der Waals surface area contributed by atoms with Gasteiger partial charge in [0.1, 0.15) is 0 Å². The highest BCUT2D eigenvalue weighted by molar-refractivity contribution is 5.66. The average molecular weight is 203 g/mol. The Kier molecular flexibility index (Phi) is 8.57. The molecule has 4 heteroatoms. The molecule has 0 aromatic heterocycles. The lowest BCUT2D eigenvalue weighted by molar-refractivity contribution is -0.137. The van der Waals surface area contributed by atoms with Crippen LogP contribution >= 0.6 is 0 Å². The summed E-state index contributed by atoms with van der Waals surface area (Å²) in [6, 6.07) is 0. The van der Waals surface area contributed by atoms with Crippen molar-refractivity contribution < 1.29 is 14.6 Å². The van der Waals surface area contributed by atoms with Gasteiger partial charge >= 0.3 is 5.97 Å². The Labute approximate surface area is 85.9 Å². The number of carboxylic acids is 1. The third-order valence-electron chi connectivity index (χ3n) is 1.99. The molecule has 0 saturated heterocycles. The lowest BCUT2D eigenvalue weighted by Gasteiger charge is -2.18. The topological polar surface area (TPSA) is 49.8 Å². The van der Waals surface area contributed by atoms with Crippen LogP contribution in [0.1, 0.15) is 26.7 Å². The summed E-state index contributed by atoms with van der Waals surface area (Å²) in [4.78, 5) is 12.4. The largest absolute Gasteiger partial charge is 0.481 e. The van der Waals surface area contributed by atoms with Crippen LogP contribution in [0.25, 0.3) is 0 Å². The molecule has 0 aliphatic heterocycles. The summed E-state index contributed by atoms with van der Waals surface area (Å²) in [5.74, 6) is -0.738. The highest BCUT2D eigenvalue weighted by Crippen LogP contribution is 1.92. The zero-order valence-corrected chi connectivity index (χ0v) is 9.16.